The first-order chi connectivity index (χ1) is 6.40. The van der Waals surface area contributed by atoms with E-state index >= 15 is 0 Å². The second-order valence-corrected chi connectivity index (χ2v) is 4.22. The predicted molar refractivity (Wildman–Crippen MR) is 52.6 cm³/mol. The van der Waals surface area contributed by atoms with Gasteiger partial charge in [-0.1, -0.05) is 0 Å². The number of hydrogen-bond donors (Lipinski definition) is 1. The number of thiazole rings is 1. The highest BCUT2D eigenvalue weighted by atomic mass is 32.1. The molecule has 1 aromatic heterocycles. The number of nitrogens with two attached hydrogens (primary N) is 1. The molecule has 1 fully saturated rings. The van der Waals surface area contributed by atoms with E-state index in [9.17, 15) is 0 Å². The van der Waals surface area contributed by atoms with Gasteiger partial charge in [-0.2, -0.15) is 0 Å². The Morgan fingerprint density at radius 1 is 1.62 bits per heavy atom. The molecule has 2 N–H and O–H groups in total. The van der Waals surface area contributed by atoms with Crippen LogP contribution in [0.15, 0.2) is 11.7 Å². The third-order valence-electron chi connectivity index (χ3n) is 2.36. The minimum Gasteiger partial charge on any atom is -0.369 e. The summed E-state index contributed by atoms with van der Waals surface area (Å²) < 4.78 is 5.84. The Bertz CT molecular complexity index is 250. The summed E-state index contributed by atoms with van der Waals surface area (Å²) in [7, 11) is 0. The Labute approximate surface area is 81.9 Å². The third-order valence-corrected chi connectivity index (χ3v) is 3.23. The zero-order valence-electron chi connectivity index (χ0n) is 7.48. The fraction of sp³-hybridized carbons (Fsp3) is 0.667. The van der Waals surface area contributed by atoms with E-state index in [0.717, 1.165) is 25.8 Å². The molecule has 0 amide bonds. The van der Waals surface area contributed by atoms with E-state index in [0.29, 0.717) is 6.10 Å². The Morgan fingerprint density at radius 3 is 3.23 bits per heavy atom. The summed E-state index contributed by atoms with van der Waals surface area (Å²) in [5.41, 5.74) is 7.34. The van der Waals surface area contributed by atoms with Gasteiger partial charge in [-0.05, 0) is 25.8 Å². The minimum atomic E-state index is 0.282. The lowest BCUT2D eigenvalue weighted by Crippen LogP contribution is -2.12. The van der Waals surface area contributed by atoms with Gasteiger partial charge in [0, 0.05) is 6.20 Å². The molecule has 0 radical (unpaired) electrons. The van der Waals surface area contributed by atoms with E-state index < -0.39 is 0 Å². The Balaban J connectivity index is 1.91. The molecule has 3 nitrogen and oxygen atoms in total. The Morgan fingerprint density at radius 2 is 2.54 bits per heavy atom. The molecule has 13 heavy (non-hydrogen) atoms. The lowest BCUT2D eigenvalue weighted by Gasteiger charge is -2.10. The molecule has 2 heterocycles. The van der Waals surface area contributed by atoms with E-state index in [1.807, 2.05) is 11.7 Å². The van der Waals surface area contributed by atoms with Crippen LogP contribution in [-0.2, 0) is 4.74 Å². The maximum Gasteiger partial charge on any atom is 0.0937 e. The predicted octanol–water partition coefficient (Wildman–Crippen LogP) is 1.71. The summed E-state index contributed by atoms with van der Waals surface area (Å²) in [5.74, 6) is 0. The number of hydrogen-bond acceptors (Lipinski definition) is 4. The second-order valence-electron chi connectivity index (χ2n) is 3.31. The highest BCUT2D eigenvalue weighted by Crippen LogP contribution is 2.35. The molecule has 2 rings (SSSR count). The summed E-state index contributed by atoms with van der Waals surface area (Å²) in [4.78, 5) is 5.30. The van der Waals surface area contributed by atoms with Crippen LogP contribution >= 0.6 is 11.3 Å². The van der Waals surface area contributed by atoms with E-state index in [-0.39, 0.29) is 6.10 Å². The van der Waals surface area contributed by atoms with Crippen LogP contribution in [0.1, 0.15) is 30.2 Å². The fourth-order valence-electron chi connectivity index (χ4n) is 1.70. The van der Waals surface area contributed by atoms with E-state index in [1.165, 1.54) is 4.88 Å². The van der Waals surface area contributed by atoms with Gasteiger partial charge in [-0.25, -0.2) is 0 Å². The van der Waals surface area contributed by atoms with Crippen LogP contribution in [0.3, 0.4) is 0 Å². The molecule has 0 spiro atoms. The first kappa shape index (κ1) is 9.12. The highest BCUT2D eigenvalue weighted by molar-refractivity contribution is 7.09. The van der Waals surface area contributed by atoms with Crippen molar-refractivity contribution in [3.63, 3.8) is 0 Å². The van der Waals surface area contributed by atoms with Crippen LogP contribution in [0.2, 0.25) is 0 Å². The first-order valence-corrected chi connectivity index (χ1v) is 5.52. The number of aromatic nitrogens is 1. The van der Waals surface area contributed by atoms with Crippen LogP contribution in [0.4, 0.5) is 0 Å². The summed E-state index contributed by atoms with van der Waals surface area (Å²) in [5, 5.41) is 0. The van der Waals surface area contributed by atoms with Crippen molar-refractivity contribution in [2.75, 3.05) is 6.54 Å². The molecule has 0 aromatic carbocycles. The van der Waals surface area contributed by atoms with Gasteiger partial charge in [0.25, 0.3) is 0 Å². The molecule has 0 bridgehead atoms. The van der Waals surface area contributed by atoms with Gasteiger partial charge >= 0.3 is 0 Å². The largest absolute Gasteiger partial charge is 0.369 e. The molecule has 1 aliphatic rings. The zero-order valence-corrected chi connectivity index (χ0v) is 8.30. The SMILES string of the molecule is NCCC1CCC(c2cncs2)O1. The lowest BCUT2D eigenvalue weighted by molar-refractivity contribution is 0.0433. The molecule has 2 unspecified atom stereocenters. The summed E-state index contributed by atoms with van der Waals surface area (Å²) in [6, 6.07) is 0. The van der Waals surface area contributed by atoms with Crippen molar-refractivity contribution in [2.24, 2.45) is 5.73 Å². The van der Waals surface area contributed by atoms with E-state index in [1.54, 1.807) is 11.3 Å². The average Bonchev–Trinajstić information content (AvgIpc) is 2.70. The van der Waals surface area contributed by atoms with Crippen molar-refractivity contribution < 1.29 is 4.74 Å². The molecule has 1 aromatic rings. The van der Waals surface area contributed by atoms with Gasteiger partial charge in [-0.3, -0.25) is 4.98 Å². The van der Waals surface area contributed by atoms with Gasteiger partial charge in [0.1, 0.15) is 0 Å². The molecule has 2 atom stereocenters. The standard InChI is InChI=1S/C9H14N2OS/c10-4-3-7-1-2-8(12-7)9-5-11-6-13-9/h5-8H,1-4,10H2. The number of ether oxygens (including phenoxy) is 1. The van der Waals surface area contributed by atoms with Crippen LogP contribution in [0, 0.1) is 0 Å². The van der Waals surface area contributed by atoms with Crippen LogP contribution < -0.4 is 5.73 Å². The Kier molecular flexibility index (Phi) is 2.93. The molecule has 1 aliphatic heterocycles. The molecule has 0 aliphatic carbocycles. The highest BCUT2D eigenvalue weighted by Gasteiger charge is 2.26. The molecule has 4 heteroatoms. The fourth-order valence-corrected chi connectivity index (χ4v) is 2.39. The third kappa shape index (κ3) is 2.07. The quantitative estimate of drug-likeness (QED) is 0.804. The molecular weight excluding hydrogens is 184 g/mol. The van der Waals surface area contributed by atoms with Gasteiger partial charge < -0.3 is 10.5 Å². The lowest BCUT2D eigenvalue weighted by atomic mass is 10.1. The van der Waals surface area contributed by atoms with E-state index in [4.69, 9.17) is 10.5 Å². The van der Waals surface area contributed by atoms with Crippen molar-refractivity contribution in [3.8, 4) is 0 Å². The second kappa shape index (κ2) is 4.17. The van der Waals surface area contributed by atoms with Crippen LogP contribution in [-0.4, -0.2) is 17.6 Å². The number of nitrogens with zero attached hydrogens (tertiary/aromatic N) is 1. The molecule has 1 saturated heterocycles. The van der Waals surface area contributed by atoms with Gasteiger partial charge in [-0.15, -0.1) is 11.3 Å². The van der Waals surface area contributed by atoms with Crippen molar-refractivity contribution in [1.29, 1.82) is 0 Å². The molecular formula is C9H14N2OS. The van der Waals surface area contributed by atoms with Crippen molar-refractivity contribution in [3.05, 3.63) is 16.6 Å². The molecule has 72 valence electrons. The smallest absolute Gasteiger partial charge is 0.0937 e. The topological polar surface area (TPSA) is 48.1 Å². The Hall–Kier alpha value is -0.450. The number of rotatable bonds is 3. The zero-order chi connectivity index (χ0) is 9.10. The summed E-state index contributed by atoms with van der Waals surface area (Å²) in [6.45, 7) is 0.722. The molecule has 0 saturated carbocycles. The van der Waals surface area contributed by atoms with Crippen molar-refractivity contribution >= 4 is 11.3 Å². The monoisotopic (exact) mass is 198 g/mol. The minimum absolute atomic E-state index is 0.282. The summed E-state index contributed by atoms with van der Waals surface area (Å²) in [6.07, 6.45) is 5.79. The summed E-state index contributed by atoms with van der Waals surface area (Å²) >= 11 is 1.67. The van der Waals surface area contributed by atoms with Gasteiger partial charge in [0.15, 0.2) is 0 Å². The van der Waals surface area contributed by atoms with Crippen molar-refractivity contribution in [1.82, 2.24) is 4.98 Å². The van der Waals surface area contributed by atoms with E-state index in [2.05, 4.69) is 4.98 Å². The van der Waals surface area contributed by atoms with Gasteiger partial charge in [0.05, 0.1) is 22.6 Å². The maximum atomic E-state index is 5.84. The first-order valence-electron chi connectivity index (χ1n) is 4.64. The van der Waals surface area contributed by atoms with Crippen LogP contribution in [0.5, 0.6) is 0 Å². The van der Waals surface area contributed by atoms with Crippen molar-refractivity contribution in [2.45, 2.75) is 31.5 Å². The maximum absolute atomic E-state index is 5.84. The van der Waals surface area contributed by atoms with Gasteiger partial charge in [0.2, 0.25) is 0 Å². The average molecular weight is 198 g/mol. The normalized spacial score (nSPS) is 28.1. The van der Waals surface area contributed by atoms with Crippen LogP contribution in [0.25, 0.3) is 0 Å².